The molecule has 1 aliphatic rings. The molecule has 1 fully saturated rings. The third-order valence-electron chi connectivity index (χ3n) is 3.82. The van der Waals surface area contributed by atoms with Crippen molar-refractivity contribution in [2.45, 2.75) is 13.5 Å². The summed E-state index contributed by atoms with van der Waals surface area (Å²) in [4.78, 5) is 12.3. The average molecular weight is 406 g/mol. The summed E-state index contributed by atoms with van der Waals surface area (Å²) in [5.74, 6) is 0.762. The lowest BCUT2D eigenvalue weighted by molar-refractivity contribution is -0.115. The van der Waals surface area contributed by atoms with Gasteiger partial charge in [0.2, 0.25) is 0 Å². The van der Waals surface area contributed by atoms with Crippen molar-refractivity contribution >= 4 is 51.9 Å². The maximum Gasteiger partial charge on any atom is 0.263 e. The number of rotatable bonds is 5. The normalized spacial score (nSPS) is 15.3. The summed E-state index contributed by atoms with van der Waals surface area (Å²) >= 11 is 12.6. The molecular formula is C19H16ClNO3S2. The number of amides is 1. The number of carbonyl (C=O) groups is 1. The molecule has 0 atom stereocenters. The number of carbonyl (C=O) groups excluding carboxylic acids is 1. The van der Waals surface area contributed by atoms with Crippen LogP contribution in [-0.4, -0.2) is 17.3 Å². The molecule has 3 rings (SSSR count). The number of hydrogen-bond donors (Lipinski definition) is 1. The van der Waals surface area contributed by atoms with E-state index >= 15 is 0 Å². The zero-order valence-electron chi connectivity index (χ0n) is 14.2. The fraction of sp³-hybridized carbons (Fsp3) is 0.158. The van der Waals surface area contributed by atoms with E-state index in [1.165, 1.54) is 11.8 Å². The Morgan fingerprint density at radius 3 is 2.73 bits per heavy atom. The van der Waals surface area contributed by atoms with E-state index in [1.807, 2.05) is 31.2 Å². The summed E-state index contributed by atoms with van der Waals surface area (Å²) in [6, 6.07) is 11.5. The predicted octanol–water partition coefficient (Wildman–Crippen LogP) is 4.72. The summed E-state index contributed by atoms with van der Waals surface area (Å²) in [5.41, 5.74) is 2.95. The van der Waals surface area contributed by atoms with Gasteiger partial charge < -0.3 is 14.8 Å². The van der Waals surface area contributed by atoms with Gasteiger partial charge in [-0.15, -0.1) is 0 Å². The summed E-state index contributed by atoms with van der Waals surface area (Å²) in [7, 11) is 1.55. The largest absolute Gasteiger partial charge is 0.493 e. The van der Waals surface area contributed by atoms with Crippen molar-refractivity contribution in [3.8, 4) is 11.5 Å². The lowest BCUT2D eigenvalue weighted by atomic mass is 10.1. The van der Waals surface area contributed by atoms with Gasteiger partial charge in [-0.3, -0.25) is 4.79 Å². The van der Waals surface area contributed by atoms with Gasteiger partial charge in [-0.25, -0.2) is 0 Å². The molecule has 0 saturated carbocycles. The first kappa shape index (κ1) is 18.8. The predicted molar refractivity (Wildman–Crippen MR) is 110 cm³/mol. The molecule has 0 aliphatic carbocycles. The average Bonchev–Trinajstić information content (AvgIpc) is 2.92. The Kier molecular flexibility index (Phi) is 5.86. The van der Waals surface area contributed by atoms with Gasteiger partial charge in [0.25, 0.3) is 5.91 Å². The fourth-order valence-electron chi connectivity index (χ4n) is 2.46. The van der Waals surface area contributed by atoms with Crippen LogP contribution in [0.4, 0.5) is 0 Å². The molecule has 1 amide bonds. The Hall–Kier alpha value is -2.02. The second-order valence-corrected chi connectivity index (χ2v) is 7.73. The van der Waals surface area contributed by atoms with Crippen LogP contribution < -0.4 is 14.8 Å². The van der Waals surface area contributed by atoms with Crippen molar-refractivity contribution in [2.75, 3.05) is 7.11 Å². The summed E-state index contributed by atoms with van der Waals surface area (Å²) < 4.78 is 11.8. The van der Waals surface area contributed by atoms with Gasteiger partial charge >= 0.3 is 0 Å². The van der Waals surface area contributed by atoms with Crippen LogP contribution in [0.15, 0.2) is 41.3 Å². The highest BCUT2D eigenvalue weighted by Crippen LogP contribution is 2.38. The van der Waals surface area contributed by atoms with Crippen LogP contribution in [-0.2, 0) is 11.4 Å². The second-order valence-electron chi connectivity index (χ2n) is 5.60. The second kappa shape index (κ2) is 8.12. The number of ether oxygens (including phenoxy) is 2. The van der Waals surface area contributed by atoms with Gasteiger partial charge in [0.05, 0.1) is 17.0 Å². The first-order valence-electron chi connectivity index (χ1n) is 7.77. The topological polar surface area (TPSA) is 47.6 Å². The third-order valence-corrected chi connectivity index (χ3v) is 5.27. The highest BCUT2D eigenvalue weighted by Gasteiger charge is 2.22. The number of thioether (sulfide) groups is 1. The van der Waals surface area contributed by atoms with Gasteiger partial charge in [0.1, 0.15) is 10.9 Å². The van der Waals surface area contributed by atoms with Gasteiger partial charge in [-0.1, -0.05) is 59.8 Å². The Morgan fingerprint density at radius 2 is 2.08 bits per heavy atom. The van der Waals surface area contributed by atoms with Crippen LogP contribution in [0.2, 0.25) is 5.02 Å². The number of aryl methyl sites for hydroxylation is 1. The first-order valence-corrected chi connectivity index (χ1v) is 9.38. The minimum absolute atomic E-state index is 0.213. The van der Waals surface area contributed by atoms with Crippen molar-refractivity contribution in [3.63, 3.8) is 0 Å². The molecule has 2 aromatic rings. The maximum atomic E-state index is 11.8. The molecule has 134 valence electrons. The van der Waals surface area contributed by atoms with Gasteiger partial charge in [-0.2, -0.15) is 0 Å². The Balaban J connectivity index is 1.86. The molecule has 0 bridgehead atoms. The molecule has 1 N–H and O–H groups in total. The number of nitrogens with one attached hydrogen (secondary N) is 1. The van der Waals surface area contributed by atoms with Crippen molar-refractivity contribution in [2.24, 2.45) is 0 Å². The molecule has 0 radical (unpaired) electrons. The fourth-order valence-corrected chi connectivity index (χ4v) is 3.78. The first-order chi connectivity index (χ1) is 12.5. The minimum Gasteiger partial charge on any atom is -0.493 e. The van der Waals surface area contributed by atoms with Crippen LogP contribution in [0.1, 0.15) is 16.7 Å². The van der Waals surface area contributed by atoms with Crippen LogP contribution in [0.25, 0.3) is 6.08 Å². The van der Waals surface area contributed by atoms with E-state index in [0.717, 1.165) is 16.7 Å². The summed E-state index contributed by atoms with van der Waals surface area (Å²) in [6.07, 6.45) is 1.72. The molecule has 4 nitrogen and oxygen atoms in total. The smallest absolute Gasteiger partial charge is 0.263 e. The quantitative estimate of drug-likeness (QED) is 0.575. The van der Waals surface area contributed by atoms with Gasteiger partial charge in [-0.05, 0) is 41.8 Å². The minimum atomic E-state index is -0.213. The van der Waals surface area contributed by atoms with E-state index in [9.17, 15) is 4.79 Å². The number of hydrogen-bond acceptors (Lipinski definition) is 5. The van der Waals surface area contributed by atoms with E-state index in [4.69, 9.17) is 33.3 Å². The molecule has 7 heteroatoms. The van der Waals surface area contributed by atoms with E-state index in [2.05, 4.69) is 5.32 Å². The van der Waals surface area contributed by atoms with Crippen LogP contribution >= 0.6 is 35.6 Å². The van der Waals surface area contributed by atoms with Crippen molar-refractivity contribution in [1.29, 1.82) is 0 Å². The van der Waals surface area contributed by atoms with Crippen molar-refractivity contribution < 1.29 is 14.3 Å². The maximum absolute atomic E-state index is 11.8. The molecule has 1 aliphatic heterocycles. The standard InChI is InChI=1S/C19H16ClNO3S2/c1-11-5-3-4-6-13(11)10-24-17-14(20)7-12(8-15(17)23-2)9-16-18(22)21-19(25)26-16/h3-9H,10H2,1-2H3,(H,21,22,25)/b16-9-. The molecule has 0 unspecified atom stereocenters. The highest BCUT2D eigenvalue weighted by molar-refractivity contribution is 8.26. The Morgan fingerprint density at radius 1 is 1.31 bits per heavy atom. The molecule has 1 heterocycles. The third kappa shape index (κ3) is 4.20. The Labute approximate surface area is 166 Å². The number of methoxy groups -OCH3 is 1. The number of halogens is 1. The van der Waals surface area contributed by atoms with Crippen LogP contribution in [0, 0.1) is 6.92 Å². The lowest BCUT2D eigenvalue weighted by Crippen LogP contribution is -2.17. The molecule has 2 aromatic carbocycles. The lowest BCUT2D eigenvalue weighted by Gasteiger charge is -2.14. The van der Waals surface area contributed by atoms with E-state index in [-0.39, 0.29) is 5.91 Å². The molecular weight excluding hydrogens is 390 g/mol. The van der Waals surface area contributed by atoms with Crippen molar-refractivity contribution in [3.05, 3.63) is 63.0 Å². The molecule has 0 spiro atoms. The zero-order valence-corrected chi connectivity index (χ0v) is 16.6. The number of benzene rings is 2. The molecule has 1 saturated heterocycles. The Bertz CT molecular complexity index is 912. The van der Waals surface area contributed by atoms with E-state index in [0.29, 0.717) is 32.4 Å². The monoisotopic (exact) mass is 405 g/mol. The van der Waals surface area contributed by atoms with Crippen LogP contribution in [0.3, 0.4) is 0 Å². The van der Waals surface area contributed by atoms with Gasteiger partial charge in [0, 0.05) is 0 Å². The SMILES string of the molecule is COc1cc(/C=C2\SC(=S)NC2=O)cc(Cl)c1OCc1ccccc1C. The van der Waals surface area contributed by atoms with Crippen molar-refractivity contribution in [1.82, 2.24) is 5.32 Å². The molecule has 0 aromatic heterocycles. The van der Waals surface area contributed by atoms with E-state index < -0.39 is 0 Å². The summed E-state index contributed by atoms with van der Waals surface area (Å²) in [6.45, 7) is 2.41. The summed E-state index contributed by atoms with van der Waals surface area (Å²) in [5, 5.41) is 3.00. The molecule has 26 heavy (non-hydrogen) atoms. The van der Waals surface area contributed by atoms with Gasteiger partial charge in [0.15, 0.2) is 11.5 Å². The zero-order chi connectivity index (χ0) is 18.7. The van der Waals surface area contributed by atoms with E-state index in [1.54, 1.807) is 25.3 Å². The highest BCUT2D eigenvalue weighted by atomic mass is 35.5. The number of thiocarbonyl (C=S) groups is 1. The van der Waals surface area contributed by atoms with Crippen LogP contribution in [0.5, 0.6) is 11.5 Å².